The van der Waals surface area contributed by atoms with Crippen molar-refractivity contribution in [3.8, 4) is 10.6 Å². The molecular weight excluding hydrogens is 418 g/mol. The third-order valence-electron chi connectivity index (χ3n) is 3.77. The Kier molecular flexibility index (Phi) is 5.85. The first-order chi connectivity index (χ1) is 12.6. The standard InChI is InChI=1S/C18H16BrN3O3S/c1-25-17(23)10-13(11-4-6-12(19)7-5-11)20-18(24)15-9-14(21-22-15)16-3-2-8-26-16/h2-9,13H,10H2,1H3,(H,20,24)(H,21,22). The lowest BCUT2D eigenvalue weighted by Crippen LogP contribution is -2.30. The number of methoxy groups -OCH3 is 1. The zero-order chi connectivity index (χ0) is 18.5. The molecule has 0 saturated carbocycles. The fourth-order valence-electron chi connectivity index (χ4n) is 2.43. The molecule has 0 aliphatic carbocycles. The van der Waals surface area contributed by atoms with Crippen molar-refractivity contribution in [1.82, 2.24) is 15.5 Å². The van der Waals surface area contributed by atoms with Crippen LogP contribution in [0.3, 0.4) is 0 Å². The molecule has 1 atom stereocenters. The van der Waals surface area contributed by atoms with E-state index in [4.69, 9.17) is 4.74 Å². The van der Waals surface area contributed by atoms with Crippen LogP contribution in [-0.2, 0) is 9.53 Å². The maximum absolute atomic E-state index is 12.6. The molecule has 0 aliphatic rings. The van der Waals surface area contributed by atoms with Crippen molar-refractivity contribution in [2.75, 3.05) is 7.11 Å². The smallest absolute Gasteiger partial charge is 0.307 e. The van der Waals surface area contributed by atoms with E-state index >= 15 is 0 Å². The van der Waals surface area contributed by atoms with Gasteiger partial charge in [0, 0.05) is 4.47 Å². The largest absolute Gasteiger partial charge is 0.469 e. The van der Waals surface area contributed by atoms with Gasteiger partial charge in [0.2, 0.25) is 0 Å². The van der Waals surface area contributed by atoms with Gasteiger partial charge in [-0.1, -0.05) is 34.1 Å². The monoisotopic (exact) mass is 433 g/mol. The zero-order valence-electron chi connectivity index (χ0n) is 13.9. The van der Waals surface area contributed by atoms with E-state index in [0.29, 0.717) is 0 Å². The minimum atomic E-state index is -0.509. The molecule has 0 bridgehead atoms. The van der Waals surface area contributed by atoms with Gasteiger partial charge in [-0.2, -0.15) is 5.10 Å². The Morgan fingerprint density at radius 3 is 2.73 bits per heavy atom. The Hall–Kier alpha value is -2.45. The van der Waals surface area contributed by atoms with E-state index in [9.17, 15) is 9.59 Å². The molecule has 6 nitrogen and oxygen atoms in total. The van der Waals surface area contributed by atoms with Crippen molar-refractivity contribution in [1.29, 1.82) is 0 Å². The number of ether oxygens (including phenoxy) is 1. The lowest BCUT2D eigenvalue weighted by atomic mass is 10.0. The number of hydrogen-bond donors (Lipinski definition) is 2. The Morgan fingerprint density at radius 1 is 1.31 bits per heavy atom. The van der Waals surface area contributed by atoms with Crippen molar-refractivity contribution < 1.29 is 14.3 Å². The van der Waals surface area contributed by atoms with Gasteiger partial charge >= 0.3 is 5.97 Å². The molecule has 0 saturated heterocycles. The summed E-state index contributed by atoms with van der Waals surface area (Å²) in [6.45, 7) is 0. The second-order valence-corrected chi connectivity index (χ2v) is 7.37. The van der Waals surface area contributed by atoms with E-state index in [1.807, 2.05) is 41.8 Å². The number of rotatable bonds is 6. The van der Waals surface area contributed by atoms with Gasteiger partial charge in [0.25, 0.3) is 5.91 Å². The molecule has 2 aromatic heterocycles. The fraction of sp³-hybridized carbons (Fsp3) is 0.167. The topological polar surface area (TPSA) is 84.1 Å². The quantitative estimate of drug-likeness (QED) is 0.576. The summed E-state index contributed by atoms with van der Waals surface area (Å²) in [5.74, 6) is -0.764. The zero-order valence-corrected chi connectivity index (χ0v) is 16.3. The third kappa shape index (κ3) is 4.39. The summed E-state index contributed by atoms with van der Waals surface area (Å²) in [5, 5.41) is 11.8. The second-order valence-electron chi connectivity index (χ2n) is 5.50. The number of hydrogen-bond acceptors (Lipinski definition) is 5. The summed E-state index contributed by atoms with van der Waals surface area (Å²) in [7, 11) is 1.32. The molecule has 0 fully saturated rings. The van der Waals surface area contributed by atoms with Gasteiger partial charge < -0.3 is 10.1 Å². The molecule has 26 heavy (non-hydrogen) atoms. The third-order valence-corrected chi connectivity index (χ3v) is 5.21. The van der Waals surface area contributed by atoms with Gasteiger partial charge in [-0.05, 0) is 35.2 Å². The van der Waals surface area contributed by atoms with E-state index in [0.717, 1.165) is 20.6 Å². The average molecular weight is 434 g/mol. The minimum Gasteiger partial charge on any atom is -0.469 e. The summed E-state index contributed by atoms with van der Waals surface area (Å²) < 4.78 is 5.66. The molecule has 3 rings (SSSR count). The molecule has 0 aliphatic heterocycles. The molecule has 1 unspecified atom stereocenters. The van der Waals surface area contributed by atoms with E-state index in [2.05, 4.69) is 31.4 Å². The molecular formula is C18H16BrN3O3S. The summed E-state index contributed by atoms with van der Waals surface area (Å²) in [6, 6.07) is 12.5. The highest BCUT2D eigenvalue weighted by Gasteiger charge is 2.21. The van der Waals surface area contributed by atoms with Crippen LogP contribution in [0.4, 0.5) is 0 Å². The van der Waals surface area contributed by atoms with Crippen LogP contribution in [0.5, 0.6) is 0 Å². The molecule has 1 aromatic carbocycles. The highest BCUT2D eigenvalue weighted by molar-refractivity contribution is 9.10. The molecule has 8 heteroatoms. The Balaban J connectivity index is 1.78. The Morgan fingerprint density at radius 2 is 2.08 bits per heavy atom. The summed E-state index contributed by atoms with van der Waals surface area (Å²) in [5.41, 5.74) is 1.85. The van der Waals surface area contributed by atoms with Gasteiger partial charge in [0.05, 0.1) is 30.1 Å². The SMILES string of the molecule is COC(=O)CC(NC(=O)c1cc(-c2cccs2)[nH]n1)c1ccc(Br)cc1. The van der Waals surface area contributed by atoms with E-state index in [-0.39, 0.29) is 18.0 Å². The first kappa shape index (κ1) is 18.3. The number of H-pyrrole nitrogens is 1. The van der Waals surface area contributed by atoms with Crippen LogP contribution in [0.2, 0.25) is 0 Å². The summed E-state index contributed by atoms with van der Waals surface area (Å²) in [6.07, 6.45) is 0.0338. The molecule has 2 heterocycles. The summed E-state index contributed by atoms with van der Waals surface area (Å²) >= 11 is 4.93. The molecule has 2 N–H and O–H groups in total. The van der Waals surface area contributed by atoms with Crippen LogP contribution in [0.1, 0.15) is 28.5 Å². The summed E-state index contributed by atoms with van der Waals surface area (Å²) in [4.78, 5) is 25.3. The number of nitrogens with one attached hydrogen (secondary N) is 2. The van der Waals surface area contributed by atoms with Gasteiger partial charge in [-0.15, -0.1) is 11.3 Å². The van der Waals surface area contributed by atoms with Crippen molar-refractivity contribution >= 4 is 39.1 Å². The van der Waals surface area contributed by atoms with Crippen molar-refractivity contribution in [3.05, 3.63) is 63.6 Å². The number of esters is 1. The first-order valence-corrected chi connectivity index (χ1v) is 9.46. The van der Waals surface area contributed by atoms with E-state index in [1.165, 1.54) is 7.11 Å². The first-order valence-electron chi connectivity index (χ1n) is 7.79. The van der Waals surface area contributed by atoms with Crippen molar-refractivity contribution in [3.63, 3.8) is 0 Å². The number of amides is 1. The van der Waals surface area contributed by atoms with Gasteiger partial charge in [-0.3, -0.25) is 14.7 Å². The number of benzene rings is 1. The highest BCUT2D eigenvalue weighted by Crippen LogP contribution is 2.24. The number of carbonyl (C=O) groups excluding carboxylic acids is 2. The van der Waals surface area contributed by atoms with Crippen LogP contribution in [-0.4, -0.2) is 29.2 Å². The lowest BCUT2D eigenvalue weighted by molar-refractivity contribution is -0.141. The predicted octanol–water partition coefficient (Wildman–Crippen LogP) is 3.93. The molecule has 0 radical (unpaired) electrons. The predicted molar refractivity (Wildman–Crippen MR) is 103 cm³/mol. The number of thiophene rings is 1. The van der Waals surface area contributed by atoms with Gasteiger partial charge in [0.15, 0.2) is 5.69 Å². The number of aromatic nitrogens is 2. The molecule has 1 amide bonds. The van der Waals surface area contributed by atoms with Crippen LogP contribution in [0.25, 0.3) is 10.6 Å². The Bertz CT molecular complexity index is 891. The maximum Gasteiger partial charge on any atom is 0.307 e. The molecule has 3 aromatic rings. The molecule has 134 valence electrons. The van der Waals surface area contributed by atoms with Crippen LogP contribution in [0.15, 0.2) is 52.3 Å². The normalized spacial score (nSPS) is 11.8. The number of aromatic amines is 1. The highest BCUT2D eigenvalue weighted by atomic mass is 79.9. The second kappa shape index (κ2) is 8.29. The minimum absolute atomic E-state index is 0.0338. The van der Waals surface area contributed by atoms with E-state index < -0.39 is 12.0 Å². The Labute approximate surface area is 162 Å². The van der Waals surface area contributed by atoms with E-state index in [1.54, 1.807) is 17.4 Å². The van der Waals surface area contributed by atoms with Crippen LogP contribution in [0, 0.1) is 0 Å². The maximum atomic E-state index is 12.6. The number of halogens is 1. The average Bonchev–Trinajstić information content (AvgIpc) is 3.33. The number of nitrogens with zero attached hydrogens (tertiary/aromatic N) is 1. The fourth-order valence-corrected chi connectivity index (χ4v) is 3.38. The van der Waals surface area contributed by atoms with Crippen molar-refractivity contribution in [2.24, 2.45) is 0 Å². The van der Waals surface area contributed by atoms with Gasteiger partial charge in [-0.25, -0.2) is 0 Å². The van der Waals surface area contributed by atoms with Crippen molar-refractivity contribution in [2.45, 2.75) is 12.5 Å². The molecule has 0 spiro atoms. The van der Waals surface area contributed by atoms with Gasteiger partial charge in [0.1, 0.15) is 0 Å². The van der Waals surface area contributed by atoms with Crippen LogP contribution < -0.4 is 5.32 Å². The lowest BCUT2D eigenvalue weighted by Gasteiger charge is -2.17. The number of carbonyl (C=O) groups is 2. The van der Waals surface area contributed by atoms with Crippen LogP contribution >= 0.6 is 27.3 Å².